The number of amides is 12. The van der Waals surface area contributed by atoms with Gasteiger partial charge in [0, 0.05) is 69.0 Å². The van der Waals surface area contributed by atoms with E-state index in [1.807, 2.05) is 13.8 Å². The molecule has 3 saturated heterocycles. The van der Waals surface area contributed by atoms with Gasteiger partial charge < -0.3 is 60.0 Å². The molecule has 24 nitrogen and oxygen atoms in total. The molecule has 3 N–H and O–H groups in total. The van der Waals surface area contributed by atoms with Crippen LogP contribution in [0.3, 0.4) is 0 Å². The van der Waals surface area contributed by atoms with Crippen molar-refractivity contribution in [3.63, 3.8) is 0 Å². The van der Waals surface area contributed by atoms with Gasteiger partial charge in [0.2, 0.25) is 70.9 Å². The van der Waals surface area contributed by atoms with Crippen molar-refractivity contribution in [2.75, 3.05) is 88.6 Å². The number of piperidine rings is 1. The normalized spacial score (nSPS) is 26.7. The number of nitrogens with zero attached hydrogens (tertiary/aromatic N) is 9. The van der Waals surface area contributed by atoms with E-state index in [1.54, 1.807) is 18.7 Å². The van der Waals surface area contributed by atoms with Crippen LogP contribution >= 0.6 is 11.6 Å². The number of alkyl halides is 3. The summed E-state index contributed by atoms with van der Waals surface area (Å²) in [6, 6.07) is -5.53. The Bertz CT molecular complexity index is 3090. The number of hydrogen-bond acceptors (Lipinski definition) is 12. The molecular formula is C71H108ClF3N12O12. The predicted molar refractivity (Wildman–Crippen MR) is 364 cm³/mol. The third-order valence-corrected chi connectivity index (χ3v) is 21.9. The summed E-state index contributed by atoms with van der Waals surface area (Å²) >= 11 is 6.15. The monoisotopic (exact) mass is 1410 g/mol. The maximum absolute atomic E-state index is 15.4. The molecular weight excluding hydrogens is 1310 g/mol. The Balaban J connectivity index is 1.27. The summed E-state index contributed by atoms with van der Waals surface area (Å²) in [7, 11) is 9.95. The Morgan fingerprint density at radius 1 is 0.606 bits per heavy atom. The second kappa shape index (κ2) is 35.0. The van der Waals surface area contributed by atoms with E-state index < -0.39 is 167 Å². The molecule has 0 aromatic heterocycles. The predicted octanol–water partition coefficient (Wildman–Crippen LogP) is 5.64. The molecule has 1 aromatic carbocycles. The van der Waals surface area contributed by atoms with Crippen molar-refractivity contribution in [3.05, 3.63) is 34.3 Å². The van der Waals surface area contributed by atoms with Crippen LogP contribution < -0.4 is 16.0 Å². The van der Waals surface area contributed by atoms with Crippen molar-refractivity contribution in [1.82, 2.24) is 60.0 Å². The molecule has 99 heavy (non-hydrogen) atoms. The van der Waals surface area contributed by atoms with Gasteiger partial charge in [0.15, 0.2) is 0 Å². The van der Waals surface area contributed by atoms with E-state index in [4.69, 9.17) is 11.6 Å². The summed E-state index contributed by atoms with van der Waals surface area (Å²) < 4.78 is 41.6. The Kier molecular flexibility index (Phi) is 28.0. The number of likely N-dealkylation sites (N-methyl/N-ethyl adjacent to an activating group) is 7. The quantitative estimate of drug-likeness (QED) is 0.257. The highest BCUT2D eigenvalue weighted by atomic mass is 35.5. The van der Waals surface area contributed by atoms with Crippen LogP contribution in [-0.2, 0) is 70.1 Å². The molecule has 552 valence electrons. The largest absolute Gasteiger partial charge is 0.417 e. The summed E-state index contributed by atoms with van der Waals surface area (Å²) in [6.07, 6.45) is 5.88. The van der Waals surface area contributed by atoms with Gasteiger partial charge in [0.25, 0.3) is 0 Å². The lowest BCUT2D eigenvalue weighted by Gasteiger charge is -2.42. The summed E-state index contributed by atoms with van der Waals surface area (Å²) in [4.78, 5) is 190. The van der Waals surface area contributed by atoms with Crippen LogP contribution in [0.15, 0.2) is 18.2 Å². The lowest BCUT2D eigenvalue weighted by molar-refractivity contribution is -0.156. The summed E-state index contributed by atoms with van der Waals surface area (Å²) in [5, 5.41) is 8.19. The van der Waals surface area contributed by atoms with Crippen molar-refractivity contribution in [3.8, 4) is 0 Å². The standard InChI is InChI=1S/C71H108ClF3N12O12/c1-44(2)37-53-62(92)77-60(48-25-16-17-26-48)67(97)81(7)42-58(90)79(5)43-59(91)83(9)54(39-46-23-14-12-15-24-46)65(95)80(6)41-56(88)76-51(31-29-47-28-30-49(50(72)38-47)71(73,74)75)64(94)87-36-22-27-52(87)63(93)78-70(32-18-19-33-70)69(99)85(11)61(45(3)4)68(98)84(10)55(40-57(89)82(53)8)66(96)86-34-20-13-21-35-86/h28,30,38,44-46,48,51-55,60-61H,12-27,29,31-37,39-43H2,1-11H3,(H,76,88)(H,77,92)(H,78,93)/t51-,52?,53-,54-,55-,60-,61-/m0/s1. The van der Waals surface area contributed by atoms with Gasteiger partial charge in [-0.2, -0.15) is 13.2 Å². The van der Waals surface area contributed by atoms with Crippen molar-refractivity contribution < 1.29 is 70.7 Å². The van der Waals surface area contributed by atoms with Crippen molar-refractivity contribution in [1.29, 1.82) is 0 Å². The van der Waals surface area contributed by atoms with Crippen LogP contribution in [0.25, 0.3) is 0 Å². The van der Waals surface area contributed by atoms with Gasteiger partial charge in [-0.15, -0.1) is 0 Å². The van der Waals surface area contributed by atoms with E-state index in [0.29, 0.717) is 63.6 Å². The van der Waals surface area contributed by atoms with E-state index in [2.05, 4.69) is 16.0 Å². The molecule has 3 saturated carbocycles. The maximum atomic E-state index is 15.4. The Morgan fingerprint density at radius 3 is 1.81 bits per heavy atom. The molecule has 6 fully saturated rings. The van der Waals surface area contributed by atoms with Crippen LogP contribution in [0.2, 0.25) is 5.02 Å². The van der Waals surface area contributed by atoms with Crippen LogP contribution in [0, 0.1) is 23.7 Å². The number of aryl methyl sites for hydroxylation is 1. The molecule has 0 bridgehead atoms. The van der Waals surface area contributed by atoms with Gasteiger partial charge in [-0.3, -0.25) is 57.5 Å². The average molecular weight is 1410 g/mol. The Morgan fingerprint density at radius 2 is 1.20 bits per heavy atom. The van der Waals surface area contributed by atoms with E-state index >= 15 is 24.0 Å². The smallest absolute Gasteiger partial charge is 0.343 e. The number of carbonyl (C=O) groups is 12. The highest BCUT2D eigenvalue weighted by Crippen LogP contribution is 2.38. The minimum absolute atomic E-state index is 0.0225. The lowest BCUT2D eigenvalue weighted by atomic mass is 9.84. The van der Waals surface area contributed by atoms with Gasteiger partial charge in [0.05, 0.1) is 36.6 Å². The second-order valence-electron chi connectivity index (χ2n) is 29.7. The van der Waals surface area contributed by atoms with Crippen molar-refractivity contribution >= 4 is 82.5 Å². The van der Waals surface area contributed by atoms with Gasteiger partial charge in [0.1, 0.15) is 47.8 Å². The molecule has 28 heteroatoms. The van der Waals surface area contributed by atoms with E-state index in [1.165, 1.54) is 84.8 Å². The first-order valence-corrected chi connectivity index (χ1v) is 36.2. The first kappa shape index (κ1) is 79.3. The second-order valence-corrected chi connectivity index (χ2v) is 30.1. The van der Waals surface area contributed by atoms with Crippen LogP contribution in [0.5, 0.6) is 0 Å². The number of fused-ring (bicyclic) bond motifs is 1. The van der Waals surface area contributed by atoms with Gasteiger partial charge in [-0.25, -0.2) is 0 Å². The number of hydrogen-bond donors (Lipinski definition) is 3. The number of benzene rings is 1. The van der Waals surface area contributed by atoms with Gasteiger partial charge >= 0.3 is 6.18 Å². The lowest BCUT2D eigenvalue weighted by Crippen LogP contribution is -2.65. The Hall–Kier alpha value is -7.06. The SMILES string of the molecule is CC(C)C[C@H]1C(=O)N[C@@H](C2CCCC2)C(=O)N(C)CC(=O)N(C)CC(=O)N(C)[C@@H](CC2CCCCC2)C(=O)N(C)CC(=O)N[C@@H](CCc2ccc(C(F)(F)F)c(Cl)c2)C(=O)N2CCCC2C(=O)NC2(CCCC2)C(=O)N(C)[C@@H](C(C)C)C(=O)N(C)[C@H](C(=O)N2CCCCC2)CC(=O)N1C. The highest BCUT2D eigenvalue weighted by Gasteiger charge is 2.51. The molecule has 0 radical (unpaired) electrons. The van der Waals surface area contributed by atoms with Gasteiger partial charge in [-0.1, -0.05) is 103 Å². The number of nitrogens with one attached hydrogen (secondary N) is 3. The van der Waals surface area contributed by atoms with E-state index in [9.17, 15) is 46.7 Å². The first-order valence-electron chi connectivity index (χ1n) is 35.8. The molecule has 3 aliphatic heterocycles. The number of halogens is 4. The fourth-order valence-electron chi connectivity index (χ4n) is 15.6. The zero-order chi connectivity index (χ0) is 73.0. The molecule has 1 unspecified atom stereocenters. The van der Waals surface area contributed by atoms with Crippen LogP contribution in [-0.4, -0.2) is 251 Å². The maximum Gasteiger partial charge on any atom is 0.417 e. The molecule has 7 atom stereocenters. The summed E-state index contributed by atoms with van der Waals surface area (Å²) in [5.41, 5.74) is -2.35. The third kappa shape index (κ3) is 19.9. The third-order valence-electron chi connectivity index (χ3n) is 21.5. The van der Waals surface area contributed by atoms with Gasteiger partial charge in [-0.05, 0) is 125 Å². The number of rotatable bonds is 10. The molecule has 1 aromatic rings. The fourth-order valence-corrected chi connectivity index (χ4v) is 15.9. The number of carbonyl (C=O) groups excluding carboxylic acids is 12. The minimum Gasteiger partial charge on any atom is -0.343 e. The fraction of sp³-hybridized carbons (Fsp3) is 0.746. The van der Waals surface area contributed by atoms with Crippen molar-refractivity contribution in [2.24, 2.45) is 23.7 Å². The zero-order valence-corrected chi connectivity index (χ0v) is 60.8. The first-order chi connectivity index (χ1) is 46.7. The van der Waals surface area contributed by atoms with Crippen LogP contribution in [0.1, 0.15) is 180 Å². The Labute approximate surface area is 586 Å². The average Bonchev–Trinajstić information content (AvgIpc) is 1.75. The van der Waals surface area contributed by atoms with Crippen LogP contribution in [0.4, 0.5) is 13.2 Å². The highest BCUT2D eigenvalue weighted by molar-refractivity contribution is 6.31. The topological polar surface area (TPSA) is 270 Å². The minimum atomic E-state index is -4.76. The summed E-state index contributed by atoms with van der Waals surface area (Å²) in [6.45, 7) is 6.35. The molecule has 3 heterocycles. The molecule has 7 rings (SSSR count). The molecule has 6 aliphatic rings. The van der Waals surface area contributed by atoms with E-state index in [-0.39, 0.29) is 69.2 Å². The zero-order valence-electron chi connectivity index (χ0n) is 60.0. The number of likely N-dealkylation sites (tertiary alicyclic amines) is 1. The van der Waals surface area contributed by atoms with Crippen molar-refractivity contribution in [2.45, 2.75) is 229 Å². The molecule has 1 spiro atoms. The molecule has 3 aliphatic carbocycles. The summed E-state index contributed by atoms with van der Waals surface area (Å²) in [5.74, 6) is -8.78. The molecule has 12 amide bonds. The van der Waals surface area contributed by atoms with E-state index in [0.717, 1.165) is 73.3 Å².